The molecule has 0 aliphatic heterocycles. The van der Waals surface area contributed by atoms with Crippen molar-refractivity contribution in [2.45, 2.75) is 0 Å². The number of rotatable bonds is 3. The van der Waals surface area contributed by atoms with Gasteiger partial charge in [0.2, 0.25) is 5.95 Å². The maximum atomic E-state index is 12.6. The number of amides is 1. The maximum Gasteiger partial charge on any atom is 0.261 e. The smallest absolute Gasteiger partial charge is 0.261 e. The molecule has 0 aliphatic rings. The van der Waals surface area contributed by atoms with Crippen molar-refractivity contribution >= 4 is 45.5 Å². The number of aryl methyl sites for hydroxylation is 1. The molecule has 0 radical (unpaired) electrons. The van der Waals surface area contributed by atoms with Gasteiger partial charge in [0.1, 0.15) is 16.9 Å². The second-order valence-electron chi connectivity index (χ2n) is 6.18. The van der Waals surface area contributed by atoms with E-state index >= 15 is 0 Å². The fraction of sp³-hybridized carbons (Fsp3) is 0.0556. The van der Waals surface area contributed by atoms with Crippen LogP contribution < -0.4 is 5.32 Å². The molecule has 0 saturated heterocycles. The average molecular weight is 393 g/mol. The van der Waals surface area contributed by atoms with Crippen LogP contribution in [0, 0.1) is 0 Å². The van der Waals surface area contributed by atoms with E-state index < -0.39 is 0 Å². The van der Waals surface area contributed by atoms with Gasteiger partial charge >= 0.3 is 0 Å². The molecule has 10 heteroatoms. The Bertz CT molecular complexity index is 1330. The minimum atomic E-state index is -0.342. The number of nitrogens with one attached hydrogen (secondary N) is 3. The fourth-order valence-corrected chi connectivity index (χ4v) is 3.27. The van der Waals surface area contributed by atoms with Crippen molar-refractivity contribution in [1.82, 2.24) is 34.7 Å². The number of halogens is 1. The number of aromatic nitrogens is 7. The monoisotopic (exact) mass is 392 g/mol. The molecule has 28 heavy (non-hydrogen) atoms. The van der Waals surface area contributed by atoms with E-state index in [9.17, 15) is 4.79 Å². The maximum absolute atomic E-state index is 12.6. The highest BCUT2D eigenvalue weighted by Gasteiger charge is 2.18. The van der Waals surface area contributed by atoms with Crippen LogP contribution in [-0.4, -0.2) is 40.6 Å². The normalized spacial score (nSPS) is 11.4. The van der Waals surface area contributed by atoms with Crippen molar-refractivity contribution in [3.8, 4) is 11.4 Å². The predicted molar refractivity (Wildman–Crippen MR) is 105 cm³/mol. The Morgan fingerprint density at radius 1 is 1.25 bits per heavy atom. The molecule has 5 rings (SSSR count). The van der Waals surface area contributed by atoms with Gasteiger partial charge in [0, 0.05) is 36.0 Å². The molecule has 0 atom stereocenters. The molecule has 0 aliphatic carbocycles. The lowest BCUT2D eigenvalue weighted by atomic mass is 10.1. The first kappa shape index (κ1) is 16.5. The minimum Gasteiger partial charge on any atom is -0.344 e. The van der Waals surface area contributed by atoms with Gasteiger partial charge in [-0.05, 0) is 18.2 Å². The minimum absolute atomic E-state index is 0.342. The van der Waals surface area contributed by atoms with E-state index in [0.29, 0.717) is 39.1 Å². The first-order valence-electron chi connectivity index (χ1n) is 8.37. The van der Waals surface area contributed by atoms with E-state index in [1.165, 1.54) is 0 Å². The van der Waals surface area contributed by atoms with Gasteiger partial charge in [0.15, 0.2) is 5.65 Å². The zero-order valence-corrected chi connectivity index (χ0v) is 15.3. The molecule has 5 aromatic rings. The summed E-state index contributed by atoms with van der Waals surface area (Å²) in [7, 11) is 1.84. The number of hydrogen-bond donors (Lipinski definition) is 3. The van der Waals surface area contributed by atoms with E-state index in [0.717, 1.165) is 10.9 Å². The van der Waals surface area contributed by atoms with Crippen molar-refractivity contribution in [2.75, 3.05) is 5.32 Å². The lowest BCUT2D eigenvalue weighted by Crippen LogP contribution is -2.12. The summed E-state index contributed by atoms with van der Waals surface area (Å²) in [4.78, 5) is 31.4. The molecule has 138 valence electrons. The molecule has 9 nitrogen and oxygen atoms in total. The van der Waals surface area contributed by atoms with Crippen molar-refractivity contribution in [3.05, 3.63) is 53.6 Å². The van der Waals surface area contributed by atoms with Gasteiger partial charge < -0.3 is 9.97 Å². The standard InChI is InChI=1S/C18H13ClN8O/c1-27-13-6-9(19)2-3-10(13)14(26-27)12-8-23-16-15(24-12)11(7-22-16)17(28)25-18-20-4-5-21-18/h2-8H,1H3,(H,22,23)(H2,20,21,25,28). The Balaban J connectivity index is 1.61. The van der Waals surface area contributed by atoms with Gasteiger partial charge in [0.05, 0.1) is 17.3 Å². The summed E-state index contributed by atoms with van der Waals surface area (Å²) < 4.78 is 1.74. The molecule has 0 fully saturated rings. The zero-order valence-electron chi connectivity index (χ0n) is 14.6. The number of carbonyl (C=O) groups excluding carboxylic acids is 1. The number of fused-ring (bicyclic) bond motifs is 2. The van der Waals surface area contributed by atoms with Crippen LogP contribution in [0.4, 0.5) is 5.95 Å². The third-order valence-electron chi connectivity index (χ3n) is 4.41. The van der Waals surface area contributed by atoms with Gasteiger partial charge in [0.25, 0.3) is 5.91 Å². The molecule has 3 N–H and O–H groups in total. The quantitative estimate of drug-likeness (QED) is 0.436. The number of aromatic amines is 2. The Morgan fingerprint density at radius 3 is 2.96 bits per heavy atom. The number of hydrogen-bond acceptors (Lipinski definition) is 5. The summed E-state index contributed by atoms with van der Waals surface area (Å²) in [5.74, 6) is 0.0152. The Morgan fingerprint density at radius 2 is 2.14 bits per heavy atom. The van der Waals surface area contributed by atoms with Gasteiger partial charge in [-0.15, -0.1) is 0 Å². The van der Waals surface area contributed by atoms with Crippen molar-refractivity contribution in [3.63, 3.8) is 0 Å². The van der Waals surface area contributed by atoms with Gasteiger partial charge in [-0.1, -0.05) is 11.6 Å². The van der Waals surface area contributed by atoms with Crippen LogP contribution >= 0.6 is 11.6 Å². The zero-order chi connectivity index (χ0) is 19.3. The summed E-state index contributed by atoms with van der Waals surface area (Å²) >= 11 is 6.10. The number of nitrogens with zero attached hydrogens (tertiary/aromatic N) is 5. The van der Waals surface area contributed by atoms with Gasteiger partial charge in [-0.25, -0.2) is 15.0 Å². The summed E-state index contributed by atoms with van der Waals surface area (Å²) in [6, 6.07) is 5.55. The highest BCUT2D eigenvalue weighted by atomic mass is 35.5. The van der Waals surface area contributed by atoms with E-state index in [1.807, 2.05) is 19.2 Å². The summed E-state index contributed by atoms with van der Waals surface area (Å²) in [5.41, 5.74) is 3.44. The SMILES string of the molecule is Cn1nc(-c2cnc3[nH]cc(C(=O)Nc4ncc[nH]4)c3n2)c2ccc(Cl)cc21. The molecule has 1 amide bonds. The van der Waals surface area contributed by atoms with Crippen molar-refractivity contribution in [2.24, 2.45) is 7.05 Å². The Kier molecular flexibility index (Phi) is 3.63. The predicted octanol–water partition coefficient (Wildman–Crippen LogP) is 3.14. The molecule has 4 aromatic heterocycles. The first-order chi connectivity index (χ1) is 13.6. The molecular formula is C18H13ClN8O. The number of anilines is 1. The number of H-pyrrole nitrogens is 2. The number of benzene rings is 1. The fourth-order valence-electron chi connectivity index (χ4n) is 3.11. The Labute approximate surface area is 162 Å². The molecule has 0 spiro atoms. The molecule has 0 unspecified atom stereocenters. The first-order valence-corrected chi connectivity index (χ1v) is 8.75. The van der Waals surface area contributed by atoms with Crippen LogP contribution in [0.5, 0.6) is 0 Å². The average Bonchev–Trinajstić information content (AvgIpc) is 3.40. The van der Waals surface area contributed by atoms with Crippen LogP contribution in [-0.2, 0) is 7.05 Å². The largest absolute Gasteiger partial charge is 0.344 e. The lowest BCUT2D eigenvalue weighted by molar-refractivity contribution is 0.102. The van der Waals surface area contributed by atoms with Crippen molar-refractivity contribution < 1.29 is 4.79 Å². The summed E-state index contributed by atoms with van der Waals surface area (Å²) in [6.07, 6.45) is 6.38. The van der Waals surface area contributed by atoms with Gasteiger partial charge in [-0.3, -0.25) is 14.8 Å². The van der Waals surface area contributed by atoms with E-state index in [4.69, 9.17) is 11.6 Å². The number of imidazole rings is 1. The van der Waals surface area contributed by atoms with Gasteiger partial charge in [-0.2, -0.15) is 5.10 Å². The van der Waals surface area contributed by atoms with Crippen LogP contribution in [0.25, 0.3) is 33.5 Å². The third kappa shape index (κ3) is 2.60. The van der Waals surface area contributed by atoms with Crippen LogP contribution in [0.2, 0.25) is 5.02 Å². The molecule has 0 saturated carbocycles. The highest BCUT2D eigenvalue weighted by Crippen LogP contribution is 2.29. The summed E-state index contributed by atoms with van der Waals surface area (Å²) in [5, 5.41) is 8.78. The third-order valence-corrected chi connectivity index (χ3v) is 4.65. The van der Waals surface area contributed by atoms with Crippen LogP contribution in [0.3, 0.4) is 0 Å². The highest BCUT2D eigenvalue weighted by molar-refractivity contribution is 6.31. The molecule has 1 aromatic carbocycles. The van der Waals surface area contributed by atoms with E-state index in [1.54, 1.807) is 35.5 Å². The molecular weight excluding hydrogens is 380 g/mol. The lowest BCUT2D eigenvalue weighted by Gasteiger charge is -2.01. The van der Waals surface area contributed by atoms with Crippen LogP contribution in [0.1, 0.15) is 10.4 Å². The van der Waals surface area contributed by atoms with Crippen molar-refractivity contribution in [1.29, 1.82) is 0 Å². The second-order valence-corrected chi connectivity index (χ2v) is 6.62. The van der Waals surface area contributed by atoms with Crippen LogP contribution in [0.15, 0.2) is 43.0 Å². The number of carbonyl (C=O) groups is 1. The van der Waals surface area contributed by atoms with E-state index in [2.05, 4.69) is 35.3 Å². The molecule has 4 heterocycles. The molecule has 0 bridgehead atoms. The van der Waals surface area contributed by atoms with E-state index in [-0.39, 0.29) is 5.91 Å². The Hall–Kier alpha value is -3.72. The summed E-state index contributed by atoms with van der Waals surface area (Å²) in [6.45, 7) is 0. The second kappa shape index (κ2) is 6.17. The topological polar surface area (TPSA) is 117 Å².